The van der Waals surface area contributed by atoms with Crippen molar-refractivity contribution in [1.29, 1.82) is 0 Å². The Bertz CT molecular complexity index is 1060. The highest BCUT2D eigenvalue weighted by Crippen LogP contribution is 2.41. The second-order valence-electron chi connectivity index (χ2n) is 6.38. The molecule has 0 aliphatic rings. The molecule has 0 atom stereocenters. The normalized spacial score (nSPS) is 11.7. The lowest BCUT2D eigenvalue weighted by atomic mass is 10.1. The smallest absolute Gasteiger partial charge is 0.344 e. The number of alkyl halides is 3. The summed E-state index contributed by atoms with van der Waals surface area (Å²) in [5.74, 6) is -1.10. The van der Waals surface area contributed by atoms with E-state index >= 15 is 0 Å². The van der Waals surface area contributed by atoms with Gasteiger partial charge in [-0.25, -0.2) is 9.37 Å². The molecule has 10 heteroatoms. The van der Waals surface area contributed by atoms with Gasteiger partial charge in [0.05, 0.1) is 21.8 Å². The molecule has 5 nitrogen and oxygen atoms in total. The van der Waals surface area contributed by atoms with Crippen molar-refractivity contribution in [2.75, 3.05) is 18.9 Å². The molecule has 0 saturated heterocycles. The molecule has 2 aromatic heterocycles. The minimum Gasteiger partial charge on any atom is -0.344 e. The number of rotatable bonds is 5. The molecule has 0 fully saturated rings. The number of nitrogens with one attached hydrogen (secondary N) is 1. The molecular formula is C19H17ClF4N4O. The fourth-order valence-electron chi connectivity index (χ4n) is 2.85. The van der Waals surface area contributed by atoms with Gasteiger partial charge in [-0.3, -0.25) is 4.79 Å². The number of halogens is 5. The van der Waals surface area contributed by atoms with E-state index in [0.29, 0.717) is 23.5 Å². The number of carbonyl (C=O) groups excluding carboxylic acids is 1. The van der Waals surface area contributed by atoms with Gasteiger partial charge in [-0.2, -0.15) is 13.2 Å². The Kier molecular flexibility index (Phi) is 5.70. The summed E-state index contributed by atoms with van der Waals surface area (Å²) < 4.78 is 55.2. The molecule has 0 unspecified atom stereocenters. The quantitative estimate of drug-likeness (QED) is 0.577. The number of likely N-dealkylation sites (N-methyl/N-ethyl adjacent to an activating group) is 1. The average Bonchev–Trinajstić information content (AvgIpc) is 3.05. The van der Waals surface area contributed by atoms with E-state index in [0.717, 1.165) is 6.07 Å². The SMILES string of the molecule is CCN(C)C(=O)Cn1ccc2c(Nc3c(Cl)cc(F)cc3C(F)(F)F)nccc21. The molecule has 1 aromatic carbocycles. The zero-order valence-electron chi connectivity index (χ0n) is 15.5. The number of fused-ring (bicyclic) bond motifs is 1. The van der Waals surface area contributed by atoms with Crippen molar-refractivity contribution in [3.05, 3.63) is 53.1 Å². The third-order valence-corrected chi connectivity index (χ3v) is 4.81. The Hall–Kier alpha value is -2.81. The van der Waals surface area contributed by atoms with Crippen LogP contribution in [0.4, 0.5) is 29.1 Å². The van der Waals surface area contributed by atoms with Crippen LogP contribution >= 0.6 is 11.6 Å². The molecule has 3 rings (SSSR count). The zero-order valence-corrected chi connectivity index (χ0v) is 16.3. The maximum Gasteiger partial charge on any atom is 0.418 e. The van der Waals surface area contributed by atoms with Crippen LogP contribution in [-0.4, -0.2) is 34.0 Å². The molecule has 0 aliphatic heterocycles. The van der Waals surface area contributed by atoms with Gasteiger partial charge in [0.25, 0.3) is 0 Å². The summed E-state index contributed by atoms with van der Waals surface area (Å²) >= 11 is 5.88. The fraction of sp³-hybridized carbons (Fsp3) is 0.263. The van der Waals surface area contributed by atoms with Crippen LogP contribution in [0.2, 0.25) is 5.02 Å². The Morgan fingerprint density at radius 3 is 2.69 bits per heavy atom. The van der Waals surface area contributed by atoms with Gasteiger partial charge < -0.3 is 14.8 Å². The summed E-state index contributed by atoms with van der Waals surface area (Å²) in [5, 5.41) is 2.65. The molecule has 1 N–H and O–H groups in total. The highest BCUT2D eigenvalue weighted by Gasteiger charge is 2.35. The van der Waals surface area contributed by atoms with E-state index in [1.165, 1.54) is 6.20 Å². The van der Waals surface area contributed by atoms with Gasteiger partial charge in [0.1, 0.15) is 18.2 Å². The monoisotopic (exact) mass is 428 g/mol. The first-order valence-electron chi connectivity index (χ1n) is 8.63. The van der Waals surface area contributed by atoms with Gasteiger partial charge in [-0.1, -0.05) is 11.6 Å². The van der Waals surface area contributed by atoms with Crippen LogP contribution in [0.15, 0.2) is 36.7 Å². The van der Waals surface area contributed by atoms with Crippen molar-refractivity contribution in [1.82, 2.24) is 14.5 Å². The predicted molar refractivity (Wildman–Crippen MR) is 103 cm³/mol. The number of anilines is 2. The summed E-state index contributed by atoms with van der Waals surface area (Å²) in [4.78, 5) is 17.8. The second kappa shape index (κ2) is 7.90. The minimum atomic E-state index is -4.81. The van der Waals surface area contributed by atoms with E-state index in [-0.39, 0.29) is 18.3 Å². The lowest BCUT2D eigenvalue weighted by Gasteiger charge is -2.17. The summed E-state index contributed by atoms with van der Waals surface area (Å²) in [6, 6.07) is 4.45. The third kappa shape index (κ3) is 4.29. The Balaban J connectivity index is 2.02. The topological polar surface area (TPSA) is 50.2 Å². The molecule has 0 aliphatic carbocycles. The molecule has 0 bridgehead atoms. The van der Waals surface area contributed by atoms with Crippen molar-refractivity contribution in [3.63, 3.8) is 0 Å². The van der Waals surface area contributed by atoms with Gasteiger partial charge in [0, 0.05) is 31.4 Å². The van der Waals surface area contributed by atoms with Crippen molar-refractivity contribution < 1.29 is 22.4 Å². The molecule has 0 radical (unpaired) electrons. The molecule has 3 aromatic rings. The summed E-state index contributed by atoms with van der Waals surface area (Å²) in [7, 11) is 1.68. The van der Waals surface area contributed by atoms with E-state index in [2.05, 4.69) is 10.3 Å². The minimum absolute atomic E-state index is 0.0718. The van der Waals surface area contributed by atoms with E-state index in [9.17, 15) is 22.4 Å². The van der Waals surface area contributed by atoms with Crippen LogP contribution in [0, 0.1) is 5.82 Å². The molecule has 154 valence electrons. The second-order valence-corrected chi connectivity index (χ2v) is 6.78. The number of benzene rings is 1. The number of hydrogen-bond acceptors (Lipinski definition) is 3. The number of hydrogen-bond donors (Lipinski definition) is 1. The van der Waals surface area contributed by atoms with E-state index in [1.807, 2.05) is 6.92 Å². The zero-order chi connectivity index (χ0) is 21.3. The number of pyridine rings is 1. The van der Waals surface area contributed by atoms with Crippen molar-refractivity contribution in [3.8, 4) is 0 Å². The number of aromatic nitrogens is 2. The third-order valence-electron chi connectivity index (χ3n) is 4.51. The van der Waals surface area contributed by atoms with E-state index in [4.69, 9.17) is 11.6 Å². The Labute approximate surface area is 168 Å². The fourth-order valence-corrected chi connectivity index (χ4v) is 3.10. The maximum absolute atomic E-state index is 13.5. The first-order valence-corrected chi connectivity index (χ1v) is 9.00. The highest BCUT2D eigenvalue weighted by molar-refractivity contribution is 6.33. The van der Waals surface area contributed by atoms with Gasteiger partial charge in [-0.05, 0) is 31.2 Å². The lowest BCUT2D eigenvalue weighted by Crippen LogP contribution is -2.29. The van der Waals surface area contributed by atoms with Crippen LogP contribution in [0.25, 0.3) is 10.9 Å². The van der Waals surface area contributed by atoms with Gasteiger partial charge >= 0.3 is 6.18 Å². The van der Waals surface area contributed by atoms with Gasteiger partial charge in [-0.15, -0.1) is 0 Å². The van der Waals surface area contributed by atoms with Crippen LogP contribution in [0.1, 0.15) is 12.5 Å². The molecule has 1 amide bonds. The van der Waals surface area contributed by atoms with Crippen molar-refractivity contribution in [2.24, 2.45) is 0 Å². The van der Waals surface area contributed by atoms with E-state index < -0.39 is 28.3 Å². The van der Waals surface area contributed by atoms with Crippen molar-refractivity contribution in [2.45, 2.75) is 19.6 Å². The standard InChI is InChI=1S/C19H17ClF4N4O/c1-3-27(2)16(29)10-28-7-5-12-15(28)4-6-25-18(12)26-17-13(19(22,23)24)8-11(21)9-14(17)20/h4-9H,3,10H2,1-2H3,(H,25,26). The van der Waals surface area contributed by atoms with E-state index in [1.54, 1.807) is 34.8 Å². The molecule has 29 heavy (non-hydrogen) atoms. The largest absolute Gasteiger partial charge is 0.418 e. The predicted octanol–water partition coefficient (Wildman–Crippen LogP) is 5.07. The first-order chi connectivity index (χ1) is 13.6. The van der Waals surface area contributed by atoms with Crippen LogP contribution < -0.4 is 5.32 Å². The summed E-state index contributed by atoms with van der Waals surface area (Å²) in [5.41, 5.74) is -1.12. The number of nitrogens with zero attached hydrogens (tertiary/aromatic N) is 3. The summed E-state index contributed by atoms with van der Waals surface area (Å²) in [6.07, 6.45) is -1.76. The number of amides is 1. The van der Waals surface area contributed by atoms with Gasteiger partial charge in [0.2, 0.25) is 5.91 Å². The van der Waals surface area contributed by atoms with Crippen LogP contribution in [0.3, 0.4) is 0 Å². The highest BCUT2D eigenvalue weighted by atomic mass is 35.5. The van der Waals surface area contributed by atoms with Gasteiger partial charge in [0.15, 0.2) is 0 Å². The lowest BCUT2D eigenvalue weighted by molar-refractivity contribution is -0.137. The maximum atomic E-state index is 13.5. The first kappa shape index (κ1) is 20.9. The summed E-state index contributed by atoms with van der Waals surface area (Å²) in [6.45, 7) is 2.47. The van der Waals surface area contributed by atoms with Crippen molar-refractivity contribution >= 4 is 39.9 Å². The average molecular weight is 429 g/mol. The Morgan fingerprint density at radius 1 is 1.31 bits per heavy atom. The Morgan fingerprint density at radius 2 is 2.03 bits per heavy atom. The number of carbonyl (C=O) groups is 1. The molecule has 0 spiro atoms. The van der Waals surface area contributed by atoms with Crippen LogP contribution in [0.5, 0.6) is 0 Å². The molecular weight excluding hydrogens is 412 g/mol. The van der Waals surface area contributed by atoms with Crippen LogP contribution in [-0.2, 0) is 17.5 Å². The molecule has 0 saturated carbocycles. The molecule has 2 heterocycles.